The first-order chi connectivity index (χ1) is 13.1. The van der Waals surface area contributed by atoms with Gasteiger partial charge in [-0.3, -0.25) is 9.52 Å². The van der Waals surface area contributed by atoms with Gasteiger partial charge in [0.15, 0.2) is 0 Å². The van der Waals surface area contributed by atoms with Crippen molar-refractivity contribution in [3.05, 3.63) is 53.6 Å². The molecule has 1 saturated carbocycles. The molecule has 1 fully saturated rings. The minimum absolute atomic E-state index is 0.0581. The lowest BCUT2D eigenvalue weighted by Crippen LogP contribution is -2.34. The summed E-state index contributed by atoms with van der Waals surface area (Å²) in [6.45, 7) is 4.37. The lowest BCUT2D eigenvalue weighted by atomic mass is 9.87. The molecule has 4 rings (SSSR count). The van der Waals surface area contributed by atoms with Crippen molar-refractivity contribution in [1.29, 1.82) is 0 Å². The molecular weight excluding hydrogens is 386 g/mol. The van der Waals surface area contributed by atoms with Crippen LogP contribution in [0.1, 0.15) is 32.3 Å². The predicted molar refractivity (Wildman–Crippen MR) is 102 cm³/mol. The van der Waals surface area contributed by atoms with Crippen LogP contribution in [0.4, 0.5) is 20.2 Å². The van der Waals surface area contributed by atoms with E-state index in [2.05, 4.69) is 4.72 Å². The van der Waals surface area contributed by atoms with Crippen molar-refractivity contribution in [2.24, 2.45) is 5.92 Å². The van der Waals surface area contributed by atoms with Crippen LogP contribution in [0.15, 0.2) is 41.3 Å². The van der Waals surface area contributed by atoms with E-state index in [1.54, 1.807) is 11.0 Å². The van der Waals surface area contributed by atoms with Crippen LogP contribution >= 0.6 is 0 Å². The molecule has 0 spiro atoms. The summed E-state index contributed by atoms with van der Waals surface area (Å²) < 4.78 is 54.8. The fourth-order valence-electron chi connectivity index (χ4n) is 3.55. The van der Waals surface area contributed by atoms with E-state index < -0.39 is 32.8 Å². The Morgan fingerprint density at radius 2 is 1.86 bits per heavy atom. The van der Waals surface area contributed by atoms with E-state index >= 15 is 0 Å². The first-order valence-corrected chi connectivity index (χ1v) is 10.5. The van der Waals surface area contributed by atoms with Crippen LogP contribution in [0, 0.1) is 17.6 Å². The number of hydrogen-bond donors (Lipinski definition) is 1. The fourth-order valence-corrected chi connectivity index (χ4v) is 4.64. The van der Waals surface area contributed by atoms with Gasteiger partial charge in [0.25, 0.3) is 10.0 Å². The van der Waals surface area contributed by atoms with Crippen molar-refractivity contribution in [2.45, 2.75) is 37.0 Å². The molecule has 0 saturated heterocycles. The summed E-state index contributed by atoms with van der Waals surface area (Å²) >= 11 is 0. The van der Waals surface area contributed by atoms with E-state index in [9.17, 15) is 22.0 Å². The number of nitrogens with one attached hydrogen (secondary N) is 1. The molecule has 2 aliphatic rings. The van der Waals surface area contributed by atoms with Gasteiger partial charge in [0, 0.05) is 29.6 Å². The third-order valence-electron chi connectivity index (χ3n) is 5.22. The number of rotatable bonds is 4. The predicted octanol–water partition coefficient (Wildman–Crippen LogP) is 3.80. The molecule has 2 aromatic rings. The van der Waals surface area contributed by atoms with Gasteiger partial charge in [-0.1, -0.05) is 13.8 Å². The second kappa shape index (κ2) is 6.27. The molecule has 0 unspecified atom stereocenters. The molecule has 5 nitrogen and oxygen atoms in total. The Labute approximate surface area is 162 Å². The molecule has 28 heavy (non-hydrogen) atoms. The number of halogens is 2. The molecule has 8 heteroatoms. The van der Waals surface area contributed by atoms with Crippen LogP contribution in [-0.4, -0.2) is 20.9 Å². The monoisotopic (exact) mass is 406 g/mol. The molecule has 2 aromatic carbocycles. The maximum atomic E-state index is 13.8. The van der Waals surface area contributed by atoms with Gasteiger partial charge in [-0.05, 0) is 48.7 Å². The van der Waals surface area contributed by atoms with E-state index in [4.69, 9.17) is 0 Å². The van der Waals surface area contributed by atoms with Crippen molar-refractivity contribution < 1.29 is 22.0 Å². The number of carbonyl (C=O) groups excluding carboxylic acids is 1. The smallest absolute Gasteiger partial charge is 0.262 e. The summed E-state index contributed by atoms with van der Waals surface area (Å²) in [5.74, 6) is -1.48. The standard InChI is InChI=1S/C20H20F2N2O3S/c1-20(2)11-24(19(25)12-3-4-12)18-8-6-14(10-15(18)20)28(26,27)23-17-9-13(21)5-7-16(17)22/h5-10,12,23H,3-4,11H2,1-2H3. The Hall–Kier alpha value is -2.48. The van der Waals surface area contributed by atoms with Crippen LogP contribution in [0.5, 0.6) is 0 Å². The zero-order valence-corrected chi connectivity index (χ0v) is 16.3. The van der Waals surface area contributed by atoms with Crippen LogP contribution in [0.2, 0.25) is 0 Å². The third kappa shape index (κ3) is 3.26. The Bertz CT molecular complexity index is 1080. The number of nitrogens with zero attached hydrogens (tertiary/aromatic N) is 1. The molecule has 0 aromatic heterocycles. The van der Waals surface area contributed by atoms with Gasteiger partial charge < -0.3 is 4.90 Å². The second-order valence-corrected chi connectivity index (χ2v) is 9.67. The van der Waals surface area contributed by atoms with Gasteiger partial charge in [-0.25, -0.2) is 17.2 Å². The van der Waals surface area contributed by atoms with Gasteiger partial charge in [-0.15, -0.1) is 0 Å². The molecule has 0 radical (unpaired) electrons. The summed E-state index contributed by atoms with van der Waals surface area (Å²) in [4.78, 5) is 14.2. The van der Waals surface area contributed by atoms with E-state index in [0.29, 0.717) is 12.2 Å². The minimum atomic E-state index is -4.13. The Kier molecular flexibility index (Phi) is 4.22. The first kappa shape index (κ1) is 18.9. The van der Waals surface area contributed by atoms with Crippen LogP contribution < -0.4 is 9.62 Å². The van der Waals surface area contributed by atoms with Crippen molar-refractivity contribution in [1.82, 2.24) is 0 Å². The van der Waals surface area contributed by atoms with Gasteiger partial charge in [0.1, 0.15) is 11.6 Å². The van der Waals surface area contributed by atoms with Crippen molar-refractivity contribution in [2.75, 3.05) is 16.2 Å². The highest BCUT2D eigenvalue weighted by Crippen LogP contribution is 2.44. The molecule has 1 aliphatic carbocycles. The Balaban J connectivity index is 1.70. The average Bonchev–Trinajstić information content (AvgIpc) is 3.43. The molecule has 1 N–H and O–H groups in total. The average molecular weight is 406 g/mol. The highest BCUT2D eigenvalue weighted by Gasteiger charge is 2.43. The zero-order chi connectivity index (χ0) is 20.3. The number of sulfonamides is 1. The number of amides is 1. The topological polar surface area (TPSA) is 66.5 Å². The van der Waals surface area contributed by atoms with E-state index in [-0.39, 0.29) is 16.7 Å². The summed E-state index contributed by atoms with van der Waals surface area (Å²) in [6.07, 6.45) is 1.78. The second-order valence-electron chi connectivity index (χ2n) is 7.99. The zero-order valence-electron chi connectivity index (χ0n) is 15.5. The molecule has 0 atom stereocenters. The molecule has 148 valence electrons. The SMILES string of the molecule is CC1(C)CN(C(=O)C2CC2)c2ccc(S(=O)(=O)Nc3cc(F)ccc3F)cc21. The summed E-state index contributed by atoms with van der Waals surface area (Å²) in [5, 5.41) is 0. The van der Waals surface area contributed by atoms with E-state index in [0.717, 1.165) is 36.6 Å². The Morgan fingerprint density at radius 3 is 2.54 bits per heavy atom. The van der Waals surface area contributed by atoms with Gasteiger partial charge in [0.2, 0.25) is 5.91 Å². The lowest BCUT2D eigenvalue weighted by Gasteiger charge is -2.20. The quantitative estimate of drug-likeness (QED) is 0.840. The van der Waals surface area contributed by atoms with E-state index in [1.807, 2.05) is 13.8 Å². The largest absolute Gasteiger partial charge is 0.311 e. The van der Waals surface area contributed by atoms with Gasteiger partial charge in [0.05, 0.1) is 10.6 Å². The highest BCUT2D eigenvalue weighted by molar-refractivity contribution is 7.92. The van der Waals surface area contributed by atoms with Crippen molar-refractivity contribution >= 4 is 27.3 Å². The lowest BCUT2D eigenvalue weighted by molar-refractivity contribution is -0.119. The summed E-state index contributed by atoms with van der Waals surface area (Å²) in [6, 6.07) is 7.07. The van der Waals surface area contributed by atoms with Crippen LogP contribution in [-0.2, 0) is 20.2 Å². The molecule has 0 bridgehead atoms. The Morgan fingerprint density at radius 1 is 1.14 bits per heavy atom. The summed E-state index contributed by atoms with van der Waals surface area (Å²) in [7, 11) is -4.13. The van der Waals surface area contributed by atoms with Crippen molar-refractivity contribution in [3.8, 4) is 0 Å². The van der Waals surface area contributed by atoms with E-state index in [1.165, 1.54) is 12.1 Å². The maximum Gasteiger partial charge on any atom is 0.262 e. The number of anilines is 2. The van der Waals surface area contributed by atoms with Gasteiger partial charge >= 0.3 is 0 Å². The highest BCUT2D eigenvalue weighted by atomic mass is 32.2. The van der Waals surface area contributed by atoms with Gasteiger partial charge in [-0.2, -0.15) is 0 Å². The number of carbonyl (C=O) groups is 1. The van der Waals surface area contributed by atoms with Crippen molar-refractivity contribution in [3.63, 3.8) is 0 Å². The number of fused-ring (bicyclic) bond motifs is 1. The molecule has 1 heterocycles. The number of hydrogen-bond acceptors (Lipinski definition) is 3. The number of benzene rings is 2. The summed E-state index contributed by atoms with van der Waals surface area (Å²) in [5.41, 5.74) is 0.572. The molecular formula is C20H20F2N2O3S. The first-order valence-electron chi connectivity index (χ1n) is 9.02. The maximum absolute atomic E-state index is 13.8. The molecule has 1 amide bonds. The molecule has 1 aliphatic heterocycles. The van der Waals surface area contributed by atoms with Crippen LogP contribution in [0.25, 0.3) is 0 Å². The fraction of sp³-hybridized carbons (Fsp3) is 0.350. The minimum Gasteiger partial charge on any atom is -0.311 e. The van der Waals surface area contributed by atoms with Crippen LogP contribution in [0.3, 0.4) is 0 Å². The normalized spacial score (nSPS) is 18.1. The third-order valence-corrected chi connectivity index (χ3v) is 6.58.